The van der Waals surface area contributed by atoms with E-state index < -0.39 is 0 Å². The normalized spacial score (nSPS) is 17.0. The number of nitrogens with zero attached hydrogens (tertiary/aromatic N) is 1. The smallest absolute Gasteiger partial charge is 0.165 e. The van der Waals surface area contributed by atoms with Gasteiger partial charge in [-0.05, 0) is 38.1 Å². The molecule has 21 heavy (non-hydrogen) atoms. The molecule has 0 N–H and O–H groups in total. The number of hydrogen-bond acceptors (Lipinski definition) is 2. The summed E-state index contributed by atoms with van der Waals surface area (Å²) in [6, 6.07) is 6.10. The lowest BCUT2D eigenvalue weighted by Crippen LogP contribution is -2.33. The molecule has 0 radical (unpaired) electrons. The van der Waals surface area contributed by atoms with Gasteiger partial charge >= 0.3 is 0 Å². The average molecular weight is 373 g/mol. The fourth-order valence-electron chi connectivity index (χ4n) is 3.01. The summed E-state index contributed by atoms with van der Waals surface area (Å²) in [5.41, 5.74) is 0.633. The van der Waals surface area contributed by atoms with Crippen LogP contribution in [0.3, 0.4) is 0 Å². The van der Waals surface area contributed by atoms with Crippen LogP contribution in [0, 0.1) is 0 Å². The van der Waals surface area contributed by atoms with Gasteiger partial charge in [-0.15, -0.1) is 0 Å². The van der Waals surface area contributed by atoms with Crippen LogP contribution < -0.4 is 0 Å². The Morgan fingerprint density at radius 2 is 1.95 bits per heavy atom. The van der Waals surface area contributed by atoms with Crippen LogP contribution in [-0.2, 0) is 0 Å². The van der Waals surface area contributed by atoms with Crippen molar-refractivity contribution in [3.63, 3.8) is 0 Å². The lowest BCUT2D eigenvalue weighted by atomic mass is 10.1. The first kappa shape index (κ1) is 17.0. The van der Waals surface area contributed by atoms with E-state index in [2.05, 4.69) is 27.9 Å². The minimum atomic E-state index is 0.132. The summed E-state index contributed by atoms with van der Waals surface area (Å²) in [6.45, 7) is 0.815. The fourth-order valence-corrected chi connectivity index (χ4v) is 3.79. The van der Waals surface area contributed by atoms with Crippen LogP contribution in [0.1, 0.15) is 55.3 Å². The molecule has 2 nitrogen and oxygen atoms in total. The first-order valence-corrected chi connectivity index (χ1v) is 8.93. The van der Waals surface area contributed by atoms with Crippen LogP contribution in [0.15, 0.2) is 22.7 Å². The molecule has 0 atom stereocenters. The summed E-state index contributed by atoms with van der Waals surface area (Å²) in [7, 11) is 2.15. The zero-order valence-electron chi connectivity index (χ0n) is 12.6. The molecule has 2 rings (SSSR count). The van der Waals surface area contributed by atoms with Crippen LogP contribution in [0.4, 0.5) is 0 Å². The van der Waals surface area contributed by atoms with Gasteiger partial charge in [-0.3, -0.25) is 4.79 Å². The van der Waals surface area contributed by atoms with Crippen LogP contribution in [0.5, 0.6) is 0 Å². The largest absolute Gasteiger partial charge is 0.303 e. The molecule has 1 saturated carbocycles. The Labute approximate surface area is 141 Å². The van der Waals surface area contributed by atoms with Gasteiger partial charge in [0.05, 0.1) is 5.02 Å². The predicted molar refractivity (Wildman–Crippen MR) is 92.2 cm³/mol. The number of carbonyl (C=O) groups is 1. The van der Waals surface area contributed by atoms with Crippen molar-refractivity contribution in [2.75, 3.05) is 13.6 Å². The van der Waals surface area contributed by atoms with Crippen LogP contribution in [-0.4, -0.2) is 30.3 Å². The van der Waals surface area contributed by atoms with Gasteiger partial charge in [0, 0.05) is 29.0 Å². The van der Waals surface area contributed by atoms with E-state index in [-0.39, 0.29) is 5.78 Å². The van der Waals surface area contributed by atoms with Crippen molar-refractivity contribution in [2.45, 2.75) is 51.0 Å². The Hall–Kier alpha value is -0.380. The maximum atomic E-state index is 12.3. The van der Waals surface area contributed by atoms with Gasteiger partial charge in [-0.1, -0.05) is 53.2 Å². The second-order valence-corrected chi connectivity index (χ2v) is 7.25. The Morgan fingerprint density at radius 3 is 2.57 bits per heavy atom. The SMILES string of the molecule is CN(CCC(=O)c1ccc(Br)cc1Cl)C1CCCCCC1. The molecule has 0 spiro atoms. The van der Waals surface area contributed by atoms with Gasteiger partial charge in [0.25, 0.3) is 0 Å². The highest BCUT2D eigenvalue weighted by atomic mass is 79.9. The van der Waals surface area contributed by atoms with E-state index in [0.29, 0.717) is 23.0 Å². The lowest BCUT2D eigenvalue weighted by Gasteiger charge is -2.26. The topological polar surface area (TPSA) is 20.3 Å². The van der Waals surface area contributed by atoms with Gasteiger partial charge in [0.1, 0.15) is 0 Å². The molecule has 0 aromatic heterocycles. The Morgan fingerprint density at radius 1 is 1.29 bits per heavy atom. The monoisotopic (exact) mass is 371 g/mol. The molecule has 0 bridgehead atoms. The van der Waals surface area contributed by atoms with Crippen molar-refractivity contribution >= 4 is 33.3 Å². The molecule has 0 unspecified atom stereocenters. The number of halogens is 2. The first-order chi connectivity index (χ1) is 10.1. The molecule has 4 heteroatoms. The first-order valence-electron chi connectivity index (χ1n) is 7.76. The van der Waals surface area contributed by atoms with Crippen molar-refractivity contribution in [2.24, 2.45) is 0 Å². The second kappa shape index (κ2) is 8.30. The molecular formula is C17H23BrClNO. The zero-order chi connectivity index (χ0) is 15.2. The fraction of sp³-hybridized carbons (Fsp3) is 0.588. The van der Waals surface area contributed by atoms with E-state index in [1.807, 2.05) is 6.07 Å². The number of ketones is 1. The van der Waals surface area contributed by atoms with Gasteiger partial charge < -0.3 is 4.90 Å². The Bertz CT molecular complexity index is 484. The number of carbonyl (C=O) groups excluding carboxylic acids is 1. The molecule has 0 amide bonds. The quantitative estimate of drug-likeness (QED) is 0.514. The number of benzene rings is 1. The van der Waals surface area contributed by atoms with E-state index >= 15 is 0 Å². The highest BCUT2D eigenvalue weighted by Crippen LogP contribution is 2.24. The maximum Gasteiger partial charge on any atom is 0.165 e. The molecule has 0 heterocycles. The number of Topliss-reactive ketones (excluding diaryl/α,β-unsaturated/α-hetero) is 1. The molecule has 0 saturated heterocycles. The van der Waals surface area contributed by atoms with E-state index in [0.717, 1.165) is 11.0 Å². The Balaban J connectivity index is 1.87. The van der Waals surface area contributed by atoms with Gasteiger partial charge in [0.2, 0.25) is 0 Å². The van der Waals surface area contributed by atoms with Gasteiger partial charge in [-0.2, -0.15) is 0 Å². The molecule has 116 valence electrons. The molecule has 0 aliphatic heterocycles. The van der Waals surface area contributed by atoms with Crippen molar-refractivity contribution in [1.29, 1.82) is 0 Å². The number of hydrogen-bond donors (Lipinski definition) is 0. The van der Waals surface area contributed by atoms with Gasteiger partial charge in [0.15, 0.2) is 5.78 Å². The third-order valence-electron chi connectivity index (χ3n) is 4.37. The maximum absolute atomic E-state index is 12.3. The van der Waals surface area contributed by atoms with Crippen LogP contribution in [0.2, 0.25) is 5.02 Å². The lowest BCUT2D eigenvalue weighted by molar-refractivity contribution is 0.0957. The van der Waals surface area contributed by atoms with Crippen molar-refractivity contribution in [1.82, 2.24) is 4.90 Å². The molecule has 1 aromatic rings. The highest BCUT2D eigenvalue weighted by Gasteiger charge is 2.18. The van der Waals surface area contributed by atoms with Crippen molar-refractivity contribution < 1.29 is 4.79 Å². The summed E-state index contributed by atoms with van der Waals surface area (Å²) < 4.78 is 0.902. The molecule has 1 aliphatic carbocycles. The van der Waals surface area contributed by atoms with E-state index in [4.69, 9.17) is 11.6 Å². The minimum absolute atomic E-state index is 0.132. The minimum Gasteiger partial charge on any atom is -0.303 e. The summed E-state index contributed by atoms with van der Waals surface area (Å²) in [4.78, 5) is 14.7. The van der Waals surface area contributed by atoms with Crippen LogP contribution in [0.25, 0.3) is 0 Å². The summed E-state index contributed by atoms with van der Waals surface area (Å²) in [5, 5.41) is 0.534. The molecule has 1 fully saturated rings. The van der Waals surface area contributed by atoms with Crippen molar-refractivity contribution in [3.8, 4) is 0 Å². The molecular weight excluding hydrogens is 350 g/mol. The summed E-state index contributed by atoms with van der Waals surface area (Å²) in [6.07, 6.45) is 8.43. The second-order valence-electron chi connectivity index (χ2n) is 5.92. The molecule has 1 aromatic carbocycles. The standard InChI is InChI=1S/C17H23BrClNO/c1-20(14-6-4-2-3-5-7-14)11-10-17(21)15-9-8-13(18)12-16(15)19/h8-9,12,14H,2-7,10-11H2,1H3. The summed E-state index contributed by atoms with van der Waals surface area (Å²) in [5.74, 6) is 0.132. The third kappa shape index (κ3) is 5.08. The average Bonchev–Trinajstić information content (AvgIpc) is 2.73. The van der Waals surface area contributed by atoms with Crippen LogP contribution >= 0.6 is 27.5 Å². The van der Waals surface area contributed by atoms with Crippen molar-refractivity contribution in [3.05, 3.63) is 33.3 Å². The molecule has 1 aliphatic rings. The summed E-state index contributed by atoms with van der Waals surface area (Å²) >= 11 is 9.51. The van der Waals surface area contributed by atoms with E-state index in [1.54, 1.807) is 12.1 Å². The Kier molecular flexibility index (Phi) is 6.72. The van der Waals surface area contributed by atoms with Gasteiger partial charge in [-0.25, -0.2) is 0 Å². The third-order valence-corrected chi connectivity index (χ3v) is 5.18. The predicted octanol–water partition coefficient (Wildman–Crippen LogP) is 5.33. The zero-order valence-corrected chi connectivity index (χ0v) is 14.9. The number of rotatable bonds is 5. The van der Waals surface area contributed by atoms with E-state index in [9.17, 15) is 4.79 Å². The highest BCUT2D eigenvalue weighted by molar-refractivity contribution is 9.10. The van der Waals surface area contributed by atoms with E-state index in [1.165, 1.54) is 38.5 Å².